The van der Waals surface area contributed by atoms with Gasteiger partial charge in [0.05, 0.1) is 6.54 Å². The second kappa shape index (κ2) is 7.42. The van der Waals surface area contributed by atoms with Crippen molar-refractivity contribution >= 4 is 5.91 Å². The van der Waals surface area contributed by atoms with Gasteiger partial charge in [-0.2, -0.15) is 5.10 Å². The molecular weight excluding hydrogens is 288 g/mol. The Morgan fingerprint density at radius 2 is 1.96 bits per heavy atom. The van der Waals surface area contributed by atoms with Crippen LogP contribution in [0.25, 0.3) is 0 Å². The fourth-order valence-corrected chi connectivity index (χ4v) is 3.10. The third-order valence-corrected chi connectivity index (χ3v) is 4.27. The zero-order valence-corrected chi connectivity index (χ0v) is 13.6. The van der Waals surface area contributed by atoms with E-state index in [2.05, 4.69) is 17.3 Å². The largest absolute Gasteiger partial charge is 0.341 e. The maximum Gasteiger partial charge on any atom is 0.244 e. The number of carbonyl (C=O) groups is 1. The highest BCUT2D eigenvalue weighted by molar-refractivity contribution is 5.83. The maximum atomic E-state index is 12.9. The highest BCUT2D eigenvalue weighted by Gasteiger charge is 2.28. The fraction of sp³-hybridized carbons (Fsp3) is 0.444. The summed E-state index contributed by atoms with van der Waals surface area (Å²) < 4.78 is 1.89. The normalized spacial score (nSPS) is 17.2. The third-order valence-electron chi connectivity index (χ3n) is 4.27. The summed E-state index contributed by atoms with van der Waals surface area (Å²) >= 11 is 0. The van der Waals surface area contributed by atoms with Crippen LogP contribution < -0.4 is 5.32 Å². The molecule has 2 aromatic rings. The molecule has 1 aliphatic rings. The molecule has 2 heterocycles. The molecular formula is C18H24N4O. The monoisotopic (exact) mass is 312 g/mol. The molecule has 23 heavy (non-hydrogen) atoms. The van der Waals surface area contributed by atoms with Crippen molar-refractivity contribution in [1.29, 1.82) is 0 Å². The van der Waals surface area contributed by atoms with Gasteiger partial charge in [0.1, 0.15) is 6.04 Å². The molecule has 0 radical (unpaired) electrons. The number of aromatic nitrogens is 2. The lowest BCUT2D eigenvalue weighted by atomic mass is 10.0. The van der Waals surface area contributed by atoms with Crippen LogP contribution in [-0.4, -0.2) is 39.7 Å². The van der Waals surface area contributed by atoms with Crippen molar-refractivity contribution in [2.75, 3.05) is 13.1 Å². The summed E-state index contributed by atoms with van der Waals surface area (Å²) in [7, 11) is 0. The summed E-state index contributed by atoms with van der Waals surface area (Å²) in [5, 5.41) is 7.74. The topological polar surface area (TPSA) is 50.2 Å². The van der Waals surface area contributed by atoms with Crippen LogP contribution in [0.1, 0.15) is 31.4 Å². The number of nitrogens with one attached hydrogen (secondary N) is 1. The molecule has 0 spiro atoms. The summed E-state index contributed by atoms with van der Waals surface area (Å²) in [6.45, 7) is 4.58. The van der Waals surface area contributed by atoms with E-state index in [0.717, 1.165) is 38.0 Å². The molecule has 5 heteroatoms. The van der Waals surface area contributed by atoms with E-state index in [0.29, 0.717) is 0 Å². The smallest absolute Gasteiger partial charge is 0.244 e. The standard InChI is InChI=1S/C18H24N4O/c1-15(14-22-13-7-10-19-22)20-17(16-8-3-2-4-9-16)18(23)21-11-5-6-12-21/h2-4,7-10,13,15,17,20H,5-6,11-12,14H2,1H3. The van der Waals surface area contributed by atoms with E-state index in [1.807, 2.05) is 52.2 Å². The highest BCUT2D eigenvalue weighted by Crippen LogP contribution is 2.20. The Bertz CT molecular complexity index is 605. The average Bonchev–Trinajstić information content (AvgIpc) is 3.26. The van der Waals surface area contributed by atoms with E-state index in [-0.39, 0.29) is 18.0 Å². The minimum Gasteiger partial charge on any atom is -0.341 e. The van der Waals surface area contributed by atoms with E-state index in [1.165, 1.54) is 0 Å². The lowest BCUT2D eigenvalue weighted by Crippen LogP contribution is -2.43. The van der Waals surface area contributed by atoms with Crippen molar-refractivity contribution in [3.8, 4) is 0 Å². The molecule has 3 rings (SSSR count). The first-order valence-electron chi connectivity index (χ1n) is 8.31. The lowest BCUT2D eigenvalue weighted by molar-refractivity contribution is -0.132. The number of nitrogens with zero attached hydrogens (tertiary/aromatic N) is 3. The molecule has 1 fully saturated rings. The molecule has 2 atom stereocenters. The van der Waals surface area contributed by atoms with Crippen LogP contribution in [-0.2, 0) is 11.3 Å². The van der Waals surface area contributed by atoms with Crippen LogP contribution >= 0.6 is 0 Å². The first kappa shape index (κ1) is 15.7. The highest BCUT2D eigenvalue weighted by atomic mass is 16.2. The fourth-order valence-electron chi connectivity index (χ4n) is 3.10. The Hall–Kier alpha value is -2.14. The molecule has 0 aliphatic carbocycles. The van der Waals surface area contributed by atoms with Gasteiger partial charge in [-0.1, -0.05) is 30.3 Å². The van der Waals surface area contributed by atoms with Gasteiger partial charge in [0, 0.05) is 31.5 Å². The van der Waals surface area contributed by atoms with Gasteiger partial charge >= 0.3 is 0 Å². The number of likely N-dealkylation sites (tertiary alicyclic amines) is 1. The van der Waals surface area contributed by atoms with E-state index in [9.17, 15) is 4.79 Å². The molecule has 2 unspecified atom stereocenters. The first-order valence-corrected chi connectivity index (χ1v) is 8.31. The summed E-state index contributed by atoms with van der Waals surface area (Å²) in [6.07, 6.45) is 5.93. The molecule has 5 nitrogen and oxygen atoms in total. The molecule has 1 saturated heterocycles. The molecule has 122 valence electrons. The minimum atomic E-state index is -0.292. The molecule has 1 aromatic carbocycles. The minimum absolute atomic E-state index is 0.145. The van der Waals surface area contributed by atoms with Crippen molar-refractivity contribution in [3.05, 3.63) is 54.4 Å². The average molecular weight is 312 g/mol. The third kappa shape index (κ3) is 3.99. The number of hydrogen-bond acceptors (Lipinski definition) is 3. The summed E-state index contributed by atoms with van der Waals surface area (Å²) in [4.78, 5) is 14.9. The Morgan fingerprint density at radius 3 is 2.61 bits per heavy atom. The summed E-state index contributed by atoms with van der Waals surface area (Å²) in [5.41, 5.74) is 1.02. The van der Waals surface area contributed by atoms with Crippen molar-refractivity contribution in [3.63, 3.8) is 0 Å². The second-order valence-corrected chi connectivity index (χ2v) is 6.17. The molecule has 1 N–H and O–H groups in total. The van der Waals surface area contributed by atoms with Crippen LogP contribution in [0.2, 0.25) is 0 Å². The van der Waals surface area contributed by atoms with Crippen molar-refractivity contribution in [2.45, 2.75) is 38.4 Å². The van der Waals surface area contributed by atoms with Gasteiger partial charge in [0.2, 0.25) is 5.91 Å². The van der Waals surface area contributed by atoms with Gasteiger partial charge in [-0.3, -0.25) is 14.8 Å². The van der Waals surface area contributed by atoms with Crippen LogP contribution in [0.5, 0.6) is 0 Å². The number of rotatable bonds is 6. The second-order valence-electron chi connectivity index (χ2n) is 6.17. The number of amides is 1. The van der Waals surface area contributed by atoms with E-state index < -0.39 is 0 Å². The zero-order chi connectivity index (χ0) is 16.1. The lowest BCUT2D eigenvalue weighted by Gasteiger charge is -2.27. The van der Waals surface area contributed by atoms with Crippen molar-refractivity contribution in [1.82, 2.24) is 20.0 Å². The Labute approximate surface area is 137 Å². The van der Waals surface area contributed by atoms with Crippen molar-refractivity contribution < 1.29 is 4.79 Å². The number of carbonyl (C=O) groups excluding carboxylic acids is 1. The first-order chi connectivity index (χ1) is 11.2. The molecule has 1 aromatic heterocycles. The van der Waals surface area contributed by atoms with Gasteiger partial charge in [0.25, 0.3) is 0 Å². The predicted molar refractivity (Wildman–Crippen MR) is 89.8 cm³/mol. The maximum absolute atomic E-state index is 12.9. The molecule has 0 bridgehead atoms. The molecule has 0 saturated carbocycles. The van der Waals surface area contributed by atoms with Crippen molar-refractivity contribution in [2.24, 2.45) is 0 Å². The Balaban J connectivity index is 1.73. The van der Waals surface area contributed by atoms with Gasteiger partial charge < -0.3 is 4.90 Å². The van der Waals surface area contributed by atoms with E-state index >= 15 is 0 Å². The van der Waals surface area contributed by atoms with Crippen LogP contribution in [0.4, 0.5) is 0 Å². The summed E-state index contributed by atoms with van der Waals surface area (Å²) in [6, 6.07) is 11.8. The van der Waals surface area contributed by atoms with Gasteiger partial charge in [-0.05, 0) is 31.4 Å². The van der Waals surface area contributed by atoms with Crippen LogP contribution in [0.15, 0.2) is 48.8 Å². The van der Waals surface area contributed by atoms with Crippen LogP contribution in [0.3, 0.4) is 0 Å². The number of hydrogen-bond donors (Lipinski definition) is 1. The van der Waals surface area contributed by atoms with Gasteiger partial charge in [-0.25, -0.2) is 0 Å². The van der Waals surface area contributed by atoms with Gasteiger partial charge in [0.15, 0.2) is 0 Å². The Morgan fingerprint density at radius 1 is 1.22 bits per heavy atom. The molecule has 1 amide bonds. The number of benzene rings is 1. The quantitative estimate of drug-likeness (QED) is 0.890. The zero-order valence-electron chi connectivity index (χ0n) is 13.6. The van der Waals surface area contributed by atoms with E-state index in [4.69, 9.17) is 0 Å². The van der Waals surface area contributed by atoms with Crippen LogP contribution in [0, 0.1) is 0 Å². The summed E-state index contributed by atoms with van der Waals surface area (Å²) in [5.74, 6) is 0.181. The molecule has 1 aliphatic heterocycles. The predicted octanol–water partition coefficient (Wildman–Crippen LogP) is 2.22. The Kier molecular flexibility index (Phi) is 5.08. The van der Waals surface area contributed by atoms with E-state index in [1.54, 1.807) is 6.20 Å². The van der Waals surface area contributed by atoms with Gasteiger partial charge in [-0.15, -0.1) is 0 Å². The SMILES string of the molecule is CC(Cn1cccn1)NC(C(=O)N1CCCC1)c1ccccc1.